The largest absolute Gasteiger partial charge is 0.480 e. The molecule has 0 aromatic rings. The van der Waals surface area contributed by atoms with Gasteiger partial charge in [-0.2, -0.15) is 0 Å². The Morgan fingerprint density at radius 3 is 1.20 bits per heavy atom. The third-order valence-corrected chi connectivity index (χ3v) is 4.52. The molecule has 0 saturated carbocycles. The van der Waals surface area contributed by atoms with E-state index in [-0.39, 0.29) is 32.6 Å². The van der Waals surface area contributed by atoms with Crippen LogP contribution < -0.4 is 11.5 Å². The maximum atomic E-state index is 10.6. The highest BCUT2D eigenvalue weighted by molar-refractivity contribution is 7.57. The Balaban J connectivity index is -0.000000155. The van der Waals surface area contributed by atoms with Gasteiger partial charge >= 0.3 is 11.9 Å². The number of rotatable bonds is 8. The highest BCUT2D eigenvalue weighted by Gasteiger charge is 2.17. The molecule has 152 valence electrons. The van der Waals surface area contributed by atoms with Crippen molar-refractivity contribution < 1.29 is 43.5 Å². The first kappa shape index (κ1) is 31.7. The van der Waals surface area contributed by atoms with Crippen LogP contribution in [0.5, 0.6) is 0 Å². The summed E-state index contributed by atoms with van der Waals surface area (Å²) in [6.07, 6.45) is 0.000154. The molecular weight excluding hydrogens is 378 g/mol. The van der Waals surface area contributed by atoms with Crippen molar-refractivity contribution in [2.24, 2.45) is 11.5 Å². The zero-order chi connectivity index (χ0) is 20.1. The minimum Gasteiger partial charge on any atom is -0.480 e. The molecule has 0 aliphatic carbocycles. The molecule has 0 radical (unpaired) electrons. The summed E-state index contributed by atoms with van der Waals surface area (Å²) in [5.74, 6) is -2.28. The van der Waals surface area contributed by atoms with Crippen molar-refractivity contribution in [2.45, 2.75) is 32.4 Å². The molecule has 0 spiro atoms. The van der Waals surface area contributed by atoms with Crippen LogP contribution in [0.3, 0.4) is 0 Å². The Bertz CT molecular complexity index is 433. The smallest absolute Gasteiger partial charge is 0.320 e. The van der Waals surface area contributed by atoms with E-state index < -0.39 is 38.8 Å². The summed E-state index contributed by atoms with van der Waals surface area (Å²) in [6, 6.07) is -2.06. The van der Waals surface area contributed by atoms with Gasteiger partial charge in [-0.15, -0.1) is 0 Å². The molecule has 0 bridgehead atoms. The van der Waals surface area contributed by atoms with E-state index >= 15 is 0 Å². The van der Waals surface area contributed by atoms with Crippen LogP contribution in [0, 0.1) is 0 Å². The van der Waals surface area contributed by atoms with Gasteiger partial charge in [0.2, 0.25) is 0 Å². The normalized spacial score (nSPS) is 16.7. The van der Waals surface area contributed by atoms with E-state index in [2.05, 4.69) is 0 Å². The molecule has 0 aromatic heterocycles. The van der Waals surface area contributed by atoms with Gasteiger partial charge in [-0.1, -0.05) is 7.43 Å². The summed E-state index contributed by atoms with van der Waals surface area (Å²) in [5, 5.41) is 16.6. The molecule has 0 aliphatic rings. The van der Waals surface area contributed by atoms with E-state index in [4.69, 9.17) is 36.3 Å². The van der Waals surface area contributed by atoms with E-state index in [9.17, 15) is 18.7 Å². The fourth-order valence-corrected chi connectivity index (χ4v) is 2.52. The van der Waals surface area contributed by atoms with Gasteiger partial charge in [0.25, 0.3) is 0 Å². The lowest BCUT2D eigenvalue weighted by atomic mass is 10.2. The Morgan fingerprint density at radius 2 is 1.08 bits per heavy atom. The number of hydrogen-bond acceptors (Lipinski definition) is 7. The molecular formula is C12H30N2O9P2. The third kappa shape index (κ3) is 28.0. The molecule has 0 rings (SSSR count). The van der Waals surface area contributed by atoms with E-state index in [0.717, 1.165) is 0 Å². The predicted molar refractivity (Wildman–Crippen MR) is 95.5 cm³/mol. The van der Waals surface area contributed by atoms with E-state index in [1.807, 2.05) is 6.79 Å². The minimum absolute atomic E-state index is 0. The van der Waals surface area contributed by atoms with Gasteiger partial charge in [0.1, 0.15) is 18.9 Å². The average molecular weight is 408 g/mol. The van der Waals surface area contributed by atoms with Crippen LogP contribution in [0.25, 0.3) is 0 Å². The molecule has 0 aromatic carbocycles. The maximum absolute atomic E-state index is 10.6. The van der Waals surface area contributed by atoms with Crippen molar-refractivity contribution in [3.05, 3.63) is 0 Å². The van der Waals surface area contributed by atoms with Crippen molar-refractivity contribution in [2.75, 3.05) is 25.7 Å². The Labute approximate surface area is 147 Å². The molecule has 0 aliphatic heterocycles. The Morgan fingerprint density at radius 1 is 0.880 bits per heavy atom. The molecule has 0 saturated heterocycles. The quantitative estimate of drug-likeness (QED) is 0.289. The van der Waals surface area contributed by atoms with Gasteiger partial charge < -0.3 is 36.3 Å². The van der Waals surface area contributed by atoms with E-state index in [1.165, 1.54) is 13.3 Å². The maximum Gasteiger partial charge on any atom is 0.320 e. The molecule has 25 heavy (non-hydrogen) atoms. The Hall–Kier alpha value is -1.09. The summed E-state index contributed by atoms with van der Waals surface area (Å²) in [6.45, 7) is 4.36. The highest BCUT2D eigenvalue weighted by atomic mass is 31.2. The van der Waals surface area contributed by atoms with Crippen LogP contribution in [0.15, 0.2) is 0 Å². The minimum atomic E-state index is -3.10. The molecule has 11 nitrogen and oxygen atoms in total. The fraction of sp³-hybridized carbons (Fsp3) is 0.750. The number of carboxylic acid groups (broad SMARTS) is 2. The topological polar surface area (TPSA) is 218 Å². The van der Waals surface area contributed by atoms with Crippen molar-refractivity contribution in [1.82, 2.24) is 0 Å². The van der Waals surface area contributed by atoms with Crippen molar-refractivity contribution in [3.63, 3.8) is 0 Å². The van der Waals surface area contributed by atoms with Crippen molar-refractivity contribution in [1.29, 1.82) is 0 Å². The zero-order valence-corrected chi connectivity index (χ0v) is 15.4. The average Bonchev–Trinajstić information content (AvgIpc) is 2.43. The predicted octanol–water partition coefficient (Wildman–Crippen LogP) is -0.172. The Kier molecular flexibility index (Phi) is 19.2. The van der Waals surface area contributed by atoms with Crippen LogP contribution in [-0.2, 0) is 23.5 Å². The number of nitrogens with two attached hydrogens (primary N) is 2. The molecule has 13 heteroatoms. The first-order valence-corrected chi connectivity index (χ1v) is 11.1. The van der Waals surface area contributed by atoms with E-state index in [0.29, 0.717) is 0 Å². The monoisotopic (exact) mass is 408 g/mol. The van der Waals surface area contributed by atoms with Gasteiger partial charge in [0.05, 0.1) is 0 Å². The number of hydrogen-bond donors (Lipinski definition) is 6. The van der Waals surface area contributed by atoms with Crippen molar-refractivity contribution >= 4 is 33.5 Å². The van der Waals surface area contributed by atoms with E-state index in [1.54, 1.807) is 0 Å². The van der Waals surface area contributed by atoms with Crippen LogP contribution >= 0.6 is 14.7 Å². The van der Waals surface area contributed by atoms with Crippen LogP contribution in [-0.4, -0.2) is 76.5 Å². The second kappa shape index (κ2) is 15.2. The number of carboxylic acids is 2. The van der Waals surface area contributed by atoms with Crippen LogP contribution in [0.2, 0.25) is 0 Å². The van der Waals surface area contributed by atoms with Crippen molar-refractivity contribution in [3.8, 4) is 0 Å². The van der Waals surface area contributed by atoms with Crippen LogP contribution in [0.4, 0.5) is 0 Å². The highest BCUT2D eigenvalue weighted by Crippen LogP contribution is 2.36. The second-order valence-electron chi connectivity index (χ2n) is 5.02. The lowest BCUT2D eigenvalue weighted by molar-refractivity contribution is -0.139. The first-order chi connectivity index (χ1) is 10.7. The molecule has 4 atom stereocenters. The number of carbonyl (C=O) groups excluding carboxylic acids is 1. The third-order valence-electron chi connectivity index (χ3n) is 2.34. The van der Waals surface area contributed by atoms with Crippen LogP contribution in [0.1, 0.15) is 20.3 Å². The SMILES string of the molecule is C.C=O.CP(=O)(O)CCC(N)C(=O)O.CP(=O)(O)CCC(N)C(=O)O. The van der Waals surface area contributed by atoms with Gasteiger partial charge in [-0.25, -0.2) is 0 Å². The summed E-state index contributed by atoms with van der Waals surface area (Å²) >= 11 is 0. The van der Waals surface area contributed by atoms with Gasteiger partial charge in [-0.3, -0.25) is 18.7 Å². The fourth-order valence-electron chi connectivity index (χ4n) is 1.00. The second-order valence-corrected chi connectivity index (χ2v) is 10.1. The van der Waals surface area contributed by atoms with Gasteiger partial charge in [-0.05, 0) is 12.8 Å². The summed E-state index contributed by atoms with van der Waals surface area (Å²) in [5.41, 5.74) is 10.2. The molecule has 8 N–H and O–H groups in total. The standard InChI is InChI=1S/2C5H12NO4P.CH2O.CH4/c2*1-11(9,10)3-2-4(6)5(7)8;1-2;/h2*4H,2-3,6H2,1H3,(H,7,8)(H,9,10);1H2;1H4. The summed E-state index contributed by atoms with van der Waals surface area (Å²) < 4.78 is 21.3. The number of aliphatic carboxylic acids is 2. The lowest BCUT2D eigenvalue weighted by Gasteiger charge is -2.07. The lowest BCUT2D eigenvalue weighted by Crippen LogP contribution is -2.30. The molecule has 0 fully saturated rings. The number of carbonyl (C=O) groups is 3. The molecule has 0 amide bonds. The summed E-state index contributed by atoms with van der Waals surface area (Å²) in [7, 11) is -6.21. The van der Waals surface area contributed by atoms with Gasteiger partial charge in [0, 0.05) is 25.7 Å². The first-order valence-electron chi connectivity index (χ1n) is 6.50. The molecule has 0 heterocycles. The summed E-state index contributed by atoms with van der Waals surface area (Å²) in [4.78, 5) is 45.8. The molecule has 4 unspecified atom stereocenters. The van der Waals surface area contributed by atoms with Gasteiger partial charge in [0.15, 0.2) is 14.7 Å². The zero-order valence-electron chi connectivity index (χ0n) is 13.6.